The van der Waals surface area contributed by atoms with E-state index < -0.39 is 0 Å². The third kappa shape index (κ3) is 1.92. The van der Waals surface area contributed by atoms with E-state index in [0.717, 1.165) is 6.42 Å². The Morgan fingerprint density at radius 1 is 1.67 bits per heavy atom. The van der Waals surface area contributed by atoms with Crippen LogP contribution in [0.25, 0.3) is 0 Å². The van der Waals surface area contributed by atoms with E-state index in [-0.39, 0.29) is 17.7 Å². The van der Waals surface area contributed by atoms with Crippen LogP contribution in [0.15, 0.2) is 18.5 Å². The molecule has 1 atom stereocenters. The topological polar surface area (TPSA) is 79.5 Å². The molecule has 5 heteroatoms. The van der Waals surface area contributed by atoms with Crippen LogP contribution in [0.2, 0.25) is 0 Å². The number of aromatic hydroxyl groups is 1. The number of nitrogens with two attached hydrogens (primary N) is 1. The van der Waals surface area contributed by atoms with Gasteiger partial charge in [0.25, 0.3) is 5.91 Å². The Morgan fingerprint density at radius 2 is 2.47 bits per heavy atom. The first-order valence-electron chi connectivity index (χ1n) is 4.86. The molecule has 2 rings (SSSR count). The van der Waals surface area contributed by atoms with E-state index in [9.17, 15) is 9.90 Å². The number of hydrogen-bond donors (Lipinski definition) is 2. The summed E-state index contributed by atoms with van der Waals surface area (Å²) in [7, 11) is 0. The number of likely N-dealkylation sites (tertiary alicyclic amines) is 1. The molecule has 1 aromatic rings. The second-order valence-corrected chi connectivity index (χ2v) is 3.69. The van der Waals surface area contributed by atoms with Crippen LogP contribution in [0.4, 0.5) is 0 Å². The maximum atomic E-state index is 11.9. The van der Waals surface area contributed by atoms with Crippen molar-refractivity contribution in [2.75, 3.05) is 13.1 Å². The highest BCUT2D eigenvalue weighted by Gasteiger charge is 2.25. The smallest absolute Gasteiger partial charge is 0.257 e. The van der Waals surface area contributed by atoms with E-state index in [4.69, 9.17) is 5.73 Å². The summed E-state index contributed by atoms with van der Waals surface area (Å²) in [6.07, 6.45) is 3.57. The highest BCUT2D eigenvalue weighted by Crippen LogP contribution is 2.18. The van der Waals surface area contributed by atoms with Gasteiger partial charge in [0.2, 0.25) is 0 Å². The van der Waals surface area contributed by atoms with Crippen molar-refractivity contribution in [1.29, 1.82) is 0 Å². The number of carbonyl (C=O) groups is 1. The Kier molecular flexibility index (Phi) is 2.55. The lowest BCUT2D eigenvalue weighted by Gasteiger charge is -2.15. The molecule has 1 aliphatic rings. The lowest BCUT2D eigenvalue weighted by molar-refractivity contribution is 0.0787. The van der Waals surface area contributed by atoms with Gasteiger partial charge in [-0.3, -0.25) is 9.78 Å². The molecule has 0 spiro atoms. The molecule has 1 fully saturated rings. The molecule has 0 bridgehead atoms. The van der Waals surface area contributed by atoms with Crippen LogP contribution in [0, 0.1) is 0 Å². The van der Waals surface area contributed by atoms with Gasteiger partial charge in [0.1, 0.15) is 5.75 Å². The number of pyridine rings is 1. The first-order chi connectivity index (χ1) is 7.18. The fraction of sp³-hybridized carbons (Fsp3) is 0.400. The average Bonchev–Trinajstić information content (AvgIpc) is 2.65. The predicted molar refractivity (Wildman–Crippen MR) is 54.4 cm³/mol. The van der Waals surface area contributed by atoms with Gasteiger partial charge in [0.15, 0.2) is 0 Å². The normalized spacial score (nSPS) is 20.6. The Labute approximate surface area is 87.5 Å². The molecule has 0 radical (unpaired) electrons. The van der Waals surface area contributed by atoms with Gasteiger partial charge in [0, 0.05) is 25.3 Å². The molecule has 5 nitrogen and oxygen atoms in total. The van der Waals surface area contributed by atoms with E-state index in [1.54, 1.807) is 4.90 Å². The SMILES string of the molecule is N[C@H]1CCN(C(=O)c2ccncc2O)C1. The molecule has 0 aliphatic carbocycles. The maximum absolute atomic E-state index is 11.9. The van der Waals surface area contributed by atoms with Gasteiger partial charge in [-0.05, 0) is 12.5 Å². The van der Waals surface area contributed by atoms with Gasteiger partial charge in [-0.25, -0.2) is 0 Å². The molecular weight excluding hydrogens is 194 g/mol. The highest BCUT2D eigenvalue weighted by atomic mass is 16.3. The third-order valence-corrected chi connectivity index (χ3v) is 2.54. The molecule has 1 aromatic heterocycles. The van der Waals surface area contributed by atoms with E-state index in [0.29, 0.717) is 18.7 Å². The van der Waals surface area contributed by atoms with Crippen molar-refractivity contribution in [2.45, 2.75) is 12.5 Å². The summed E-state index contributed by atoms with van der Waals surface area (Å²) < 4.78 is 0. The Bertz CT molecular complexity index is 381. The lowest BCUT2D eigenvalue weighted by Crippen LogP contribution is -2.31. The van der Waals surface area contributed by atoms with E-state index in [2.05, 4.69) is 4.98 Å². The summed E-state index contributed by atoms with van der Waals surface area (Å²) in [4.78, 5) is 17.3. The quantitative estimate of drug-likeness (QED) is 0.677. The second kappa shape index (κ2) is 3.86. The Morgan fingerprint density at radius 3 is 3.07 bits per heavy atom. The summed E-state index contributed by atoms with van der Waals surface area (Å²) in [5, 5.41) is 9.47. The first-order valence-corrected chi connectivity index (χ1v) is 4.86. The molecule has 1 saturated heterocycles. The van der Waals surface area contributed by atoms with Gasteiger partial charge in [0.05, 0.1) is 11.8 Å². The van der Waals surface area contributed by atoms with Crippen LogP contribution in [-0.4, -0.2) is 40.0 Å². The van der Waals surface area contributed by atoms with Crippen LogP contribution >= 0.6 is 0 Å². The molecular formula is C10H13N3O2. The summed E-state index contributed by atoms with van der Waals surface area (Å²) in [5.41, 5.74) is 6.00. The zero-order valence-corrected chi connectivity index (χ0v) is 8.26. The van der Waals surface area contributed by atoms with Crippen LogP contribution in [0.1, 0.15) is 16.8 Å². The lowest BCUT2D eigenvalue weighted by atomic mass is 10.2. The van der Waals surface area contributed by atoms with Crippen LogP contribution in [-0.2, 0) is 0 Å². The minimum atomic E-state index is -0.178. The van der Waals surface area contributed by atoms with Crippen molar-refractivity contribution >= 4 is 5.91 Å². The molecule has 2 heterocycles. The number of aromatic nitrogens is 1. The van der Waals surface area contributed by atoms with Gasteiger partial charge >= 0.3 is 0 Å². The number of hydrogen-bond acceptors (Lipinski definition) is 4. The molecule has 0 unspecified atom stereocenters. The zero-order valence-electron chi connectivity index (χ0n) is 8.26. The largest absolute Gasteiger partial charge is 0.505 e. The molecule has 1 aliphatic heterocycles. The van der Waals surface area contributed by atoms with Gasteiger partial charge in [-0.15, -0.1) is 0 Å². The Balaban J connectivity index is 2.18. The van der Waals surface area contributed by atoms with Crippen LogP contribution in [0.5, 0.6) is 5.75 Å². The number of carbonyl (C=O) groups excluding carboxylic acids is 1. The van der Waals surface area contributed by atoms with Gasteiger partial charge in [-0.1, -0.05) is 0 Å². The van der Waals surface area contributed by atoms with E-state index >= 15 is 0 Å². The third-order valence-electron chi connectivity index (χ3n) is 2.54. The highest BCUT2D eigenvalue weighted by molar-refractivity contribution is 5.96. The zero-order chi connectivity index (χ0) is 10.8. The second-order valence-electron chi connectivity index (χ2n) is 3.69. The average molecular weight is 207 g/mol. The summed E-state index contributed by atoms with van der Waals surface area (Å²) in [6, 6.07) is 1.57. The number of amides is 1. The standard InChI is InChI=1S/C10H13N3O2/c11-7-2-4-13(6-7)10(15)8-1-3-12-5-9(8)14/h1,3,5,7,14H,2,4,6,11H2/t7-/m0/s1. The van der Waals surface area contributed by atoms with Crippen molar-refractivity contribution in [3.8, 4) is 5.75 Å². The van der Waals surface area contributed by atoms with E-state index in [1.807, 2.05) is 0 Å². The fourth-order valence-electron chi connectivity index (χ4n) is 1.71. The molecule has 1 amide bonds. The summed E-state index contributed by atoms with van der Waals surface area (Å²) in [5.74, 6) is -0.258. The maximum Gasteiger partial charge on any atom is 0.257 e. The van der Waals surface area contributed by atoms with Crippen LogP contribution < -0.4 is 5.73 Å². The Hall–Kier alpha value is -1.62. The predicted octanol–water partition coefficient (Wildman–Crippen LogP) is -0.0396. The summed E-state index contributed by atoms with van der Waals surface area (Å²) >= 11 is 0. The number of rotatable bonds is 1. The summed E-state index contributed by atoms with van der Waals surface area (Å²) in [6.45, 7) is 1.21. The molecule has 0 aromatic carbocycles. The number of nitrogens with zero attached hydrogens (tertiary/aromatic N) is 2. The minimum Gasteiger partial charge on any atom is -0.505 e. The van der Waals surface area contributed by atoms with Crippen LogP contribution in [0.3, 0.4) is 0 Å². The van der Waals surface area contributed by atoms with Crippen molar-refractivity contribution in [2.24, 2.45) is 5.73 Å². The molecule has 15 heavy (non-hydrogen) atoms. The monoisotopic (exact) mass is 207 g/mol. The molecule has 0 saturated carbocycles. The van der Waals surface area contributed by atoms with E-state index in [1.165, 1.54) is 18.5 Å². The van der Waals surface area contributed by atoms with Crippen molar-refractivity contribution in [3.05, 3.63) is 24.0 Å². The molecule has 3 N–H and O–H groups in total. The van der Waals surface area contributed by atoms with Gasteiger partial charge < -0.3 is 15.7 Å². The van der Waals surface area contributed by atoms with Gasteiger partial charge in [-0.2, -0.15) is 0 Å². The van der Waals surface area contributed by atoms with Crippen molar-refractivity contribution in [1.82, 2.24) is 9.88 Å². The first kappa shape index (κ1) is 9.92. The van der Waals surface area contributed by atoms with Crippen molar-refractivity contribution in [3.63, 3.8) is 0 Å². The van der Waals surface area contributed by atoms with Crippen molar-refractivity contribution < 1.29 is 9.90 Å². The minimum absolute atomic E-state index is 0.0536. The molecule has 80 valence electrons. The fourth-order valence-corrected chi connectivity index (χ4v) is 1.71.